The van der Waals surface area contributed by atoms with Gasteiger partial charge in [0, 0.05) is 36.1 Å². The molecule has 1 aromatic heterocycles. The summed E-state index contributed by atoms with van der Waals surface area (Å²) in [4.78, 5) is 24.7. The molecule has 2 aliphatic heterocycles. The zero-order valence-corrected chi connectivity index (χ0v) is 14.7. The Morgan fingerprint density at radius 1 is 1.28 bits per heavy atom. The lowest BCUT2D eigenvalue weighted by Crippen LogP contribution is -2.44. The molecule has 1 saturated carbocycles. The Morgan fingerprint density at radius 3 is 2.96 bits per heavy atom. The zero-order chi connectivity index (χ0) is 16.9. The number of rotatable bonds is 3. The van der Waals surface area contributed by atoms with Crippen molar-refractivity contribution in [2.24, 2.45) is 16.8 Å². The van der Waals surface area contributed by atoms with Crippen LogP contribution in [0.3, 0.4) is 0 Å². The van der Waals surface area contributed by atoms with Crippen LogP contribution in [0.5, 0.6) is 0 Å². The molecule has 0 bridgehead atoms. The summed E-state index contributed by atoms with van der Waals surface area (Å²) < 4.78 is 0. The molecule has 128 valence electrons. The maximum atomic E-state index is 12.9. The molecular weight excluding hydrogens is 332 g/mol. The second-order valence-corrected chi connectivity index (χ2v) is 8.21. The van der Waals surface area contributed by atoms with Crippen LogP contribution in [-0.2, 0) is 11.3 Å². The normalized spacial score (nSPS) is 31.4. The molecule has 1 N–H and O–H groups in total. The number of nitrogens with one attached hydrogen (secondary N) is 1. The fourth-order valence-corrected chi connectivity index (χ4v) is 5.34. The van der Waals surface area contributed by atoms with Gasteiger partial charge in [0.15, 0.2) is 0 Å². The van der Waals surface area contributed by atoms with Gasteiger partial charge in [-0.15, -0.1) is 11.3 Å². The Bertz CT molecular complexity index is 819. The second kappa shape index (κ2) is 5.75. The average Bonchev–Trinajstić information content (AvgIpc) is 3.38. The Kier molecular flexibility index (Phi) is 3.50. The average molecular weight is 352 g/mol. The van der Waals surface area contributed by atoms with Crippen molar-refractivity contribution in [1.29, 1.82) is 0 Å². The molecule has 3 heterocycles. The summed E-state index contributed by atoms with van der Waals surface area (Å²) >= 11 is 1.70. The van der Waals surface area contributed by atoms with Gasteiger partial charge >= 0.3 is 0 Å². The van der Waals surface area contributed by atoms with Crippen molar-refractivity contribution >= 4 is 23.1 Å². The molecule has 6 heteroatoms. The van der Waals surface area contributed by atoms with Crippen LogP contribution in [0.25, 0.3) is 0 Å². The van der Waals surface area contributed by atoms with Gasteiger partial charge in [0.2, 0.25) is 0 Å². The summed E-state index contributed by atoms with van der Waals surface area (Å²) in [6.07, 6.45) is 3.81. The van der Waals surface area contributed by atoms with Crippen LogP contribution < -0.4 is 5.32 Å². The van der Waals surface area contributed by atoms with Crippen LogP contribution in [-0.4, -0.2) is 40.3 Å². The molecular formula is C19H20N4OS. The van der Waals surface area contributed by atoms with Crippen LogP contribution in [0, 0.1) is 11.8 Å². The largest absolute Gasteiger partial charge is 0.308 e. The van der Waals surface area contributed by atoms with E-state index in [1.165, 1.54) is 0 Å². The number of amidine groups is 1. The number of fused-ring (bicyclic) bond motifs is 2. The number of aliphatic imine (C=N–C) groups is 1. The molecule has 0 radical (unpaired) electrons. The number of nitrogens with zero attached hydrogens (tertiary/aromatic N) is 3. The molecule has 3 atom stereocenters. The quantitative estimate of drug-likeness (QED) is 0.922. The Labute approximate surface area is 150 Å². The maximum Gasteiger partial charge on any atom is 0.253 e. The standard InChI is InChI=1S/C19H20N4OS/c24-18-19(22-17(21-18)13-4-2-1-3-5-13)7-6-14-10-23(11-15(14)19)12-16-20-8-9-25-16/h1-5,8-9,14-15H,6-7,10-12H2,(H,21,22,24)/t14-,15+,19-/m1/s1. The van der Waals surface area contributed by atoms with E-state index in [2.05, 4.69) is 15.2 Å². The molecule has 1 amide bonds. The first-order chi connectivity index (χ1) is 12.2. The van der Waals surface area contributed by atoms with Gasteiger partial charge in [-0.25, -0.2) is 4.98 Å². The summed E-state index contributed by atoms with van der Waals surface area (Å²) in [6.45, 7) is 2.87. The minimum Gasteiger partial charge on any atom is -0.308 e. The van der Waals surface area contributed by atoms with E-state index in [1.54, 1.807) is 11.3 Å². The summed E-state index contributed by atoms with van der Waals surface area (Å²) in [5.41, 5.74) is 0.432. The maximum absolute atomic E-state index is 12.9. The van der Waals surface area contributed by atoms with E-state index in [1.807, 2.05) is 41.9 Å². The van der Waals surface area contributed by atoms with E-state index in [9.17, 15) is 4.79 Å². The number of hydrogen-bond donors (Lipinski definition) is 1. The minimum absolute atomic E-state index is 0.0925. The van der Waals surface area contributed by atoms with Crippen LogP contribution >= 0.6 is 11.3 Å². The summed E-state index contributed by atoms with van der Waals surface area (Å²) in [6, 6.07) is 9.97. The highest BCUT2D eigenvalue weighted by Gasteiger charge is 2.59. The molecule has 2 fully saturated rings. The molecule has 5 rings (SSSR count). The third kappa shape index (κ3) is 2.43. The fourth-order valence-electron chi connectivity index (χ4n) is 4.68. The van der Waals surface area contributed by atoms with E-state index < -0.39 is 5.54 Å². The monoisotopic (exact) mass is 352 g/mol. The first-order valence-corrected chi connectivity index (χ1v) is 9.70. The Morgan fingerprint density at radius 2 is 2.16 bits per heavy atom. The van der Waals surface area contributed by atoms with Crippen LogP contribution in [0.1, 0.15) is 23.4 Å². The zero-order valence-electron chi connectivity index (χ0n) is 13.9. The number of amides is 1. The van der Waals surface area contributed by atoms with E-state index in [-0.39, 0.29) is 5.91 Å². The van der Waals surface area contributed by atoms with Gasteiger partial charge in [0.05, 0.1) is 6.54 Å². The number of thiazole rings is 1. The number of carbonyl (C=O) groups excluding carboxylic acids is 1. The summed E-state index contributed by atoms with van der Waals surface area (Å²) in [5.74, 6) is 1.71. The van der Waals surface area contributed by atoms with Gasteiger partial charge in [-0.3, -0.25) is 14.7 Å². The first kappa shape index (κ1) is 15.2. The van der Waals surface area contributed by atoms with E-state index >= 15 is 0 Å². The van der Waals surface area contributed by atoms with Crippen LogP contribution in [0.15, 0.2) is 46.9 Å². The lowest BCUT2D eigenvalue weighted by atomic mass is 9.85. The fraction of sp³-hybridized carbons (Fsp3) is 0.421. The van der Waals surface area contributed by atoms with Crippen molar-refractivity contribution in [3.8, 4) is 0 Å². The molecule has 3 aliphatic rings. The highest BCUT2D eigenvalue weighted by molar-refractivity contribution is 7.09. The van der Waals surface area contributed by atoms with Gasteiger partial charge in [0.25, 0.3) is 5.91 Å². The minimum atomic E-state index is -0.562. The molecule has 25 heavy (non-hydrogen) atoms. The van der Waals surface area contributed by atoms with Gasteiger partial charge in [-0.2, -0.15) is 0 Å². The highest BCUT2D eigenvalue weighted by atomic mass is 32.1. The van der Waals surface area contributed by atoms with E-state index in [0.717, 1.165) is 48.9 Å². The topological polar surface area (TPSA) is 57.6 Å². The number of benzene rings is 1. The van der Waals surface area contributed by atoms with E-state index in [0.29, 0.717) is 11.8 Å². The SMILES string of the molecule is O=C1NC(c2ccccc2)=N[C@@]12CC[C@@H]1CN(Cc3nccs3)C[C@@H]12. The van der Waals surface area contributed by atoms with Crippen molar-refractivity contribution in [3.63, 3.8) is 0 Å². The lowest BCUT2D eigenvalue weighted by Gasteiger charge is -2.25. The second-order valence-electron chi connectivity index (χ2n) is 7.23. The van der Waals surface area contributed by atoms with E-state index in [4.69, 9.17) is 4.99 Å². The number of aromatic nitrogens is 1. The smallest absolute Gasteiger partial charge is 0.253 e. The summed E-state index contributed by atoms with van der Waals surface area (Å²) in [7, 11) is 0. The third-order valence-electron chi connectivity index (χ3n) is 5.85. The number of carbonyl (C=O) groups is 1. The molecule has 2 aromatic rings. The van der Waals surface area contributed by atoms with Gasteiger partial charge in [-0.05, 0) is 18.8 Å². The Hall–Kier alpha value is -2.05. The predicted octanol–water partition coefficient (Wildman–Crippen LogP) is 2.30. The molecule has 1 aromatic carbocycles. The Balaban J connectivity index is 1.40. The van der Waals surface area contributed by atoms with Crippen molar-refractivity contribution in [2.75, 3.05) is 13.1 Å². The van der Waals surface area contributed by atoms with Crippen LogP contribution in [0.2, 0.25) is 0 Å². The summed E-state index contributed by atoms with van der Waals surface area (Å²) in [5, 5.41) is 6.23. The molecule has 0 unspecified atom stereocenters. The highest BCUT2D eigenvalue weighted by Crippen LogP contribution is 2.49. The van der Waals surface area contributed by atoms with Gasteiger partial charge in [0.1, 0.15) is 16.4 Å². The van der Waals surface area contributed by atoms with Crippen molar-refractivity contribution < 1.29 is 4.79 Å². The van der Waals surface area contributed by atoms with Crippen molar-refractivity contribution in [1.82, 2.24) is 15.2 Å². The van der Waals surface area contributed by atoms with Gasteiger partial charge in [-0.1, -0.05) is 30.3 Å². The molecule has 1 saturated heterocycles. The predicted molar refractivity (Wildman–Crippen MR) is 97.5 cm³/mol. The lowest BCUT2D eigenvalue weighted by molar-refractivity contribution is -0.125. The molecule has 5 nitrogen and oxygen atoms in total. The van der Waals surface area contributed by atoms with Crippen LogP contribution in [0.4, 0.5) is 0 Å². The number of likely N-dealkylation sites (tertiary alicyclic amines) is 1. The van der Waals surface area contributed by atoms with Crippen molar-refractivity contribution in [3.05, 3.63) is 52.5 Å². The molecule has 1 aliphatic carbocycles. The van der Waals surface area contributed by atoms with Gasteiger partial charge < -0.3 is 5.32 Å². The first-order valence-electron chi connectivity index (χ1n) is 8.82. The third-order valence-corrected chi connectivity index (χ3v) is 6.62. The van der Waals surface area contributed by atoms with Crippen molar-refractivity contribution in [2.45, 2.75) is 24.9 Å². The molecule has 1 spiro atoms. The number of hydrogen-bond acceptors (Lipinski definition) is 5.